The van der Waals surface area contributed by atoms with Crippen LogP contribution in [0.15, 0.2) is 49.2 Å². The van der Waals surface area contributed by atoms with E-state index in [1.807, 2.05) is 4.90 Å². The molecule has 1 N–H and O–H groups in total. The molecule has 1 aliphatic heterocycles. The van der Waals surface area contributed by atoms with Gasteiger partial charge in [-0.25, -0.2) is 26.2 Å². The van der Waals surface area contributed by atoms with E-state index in [0.29, 0.717) is 49.6 Å². The second-order valence-electron chi connectivity index (χ2n) is 9.15. The Labute approximate surface area is 208 Å². The molecule has 1 saturated carbocycles. The van der Waals surface area contributed by atoms with Crippen LogP contribution in [0, 0.1) is 6.57 Å². The van der Waals surface area contributed by atoms with Crippen LogP contribution in [0.3, 0.4) is 0 Å². The molecule has 0 amide bonds. The van der Waals surface area contributed by atoms with Crippen LogP contribution in [0.4, 0.5) is 19.0 Å². The van der Waals surface area contributed by atoms with E-state index in [-0.39, 0.29) is 17.8 Å². The first-order chi connectivity index (χ1) is 17.8. The van der Waals surface area contributed by atoms with E-state index in [9.17, 15) is 18.0 Å². The Morgan fingerprint density at radius 3 is 2.76 bits per heavy atom. The fourth-order valence-corrected chi connectivity index (χ4v) is 4.48. The lowest BCUT2D eigenvalue weighted by molar-refractivity contribution is -0.137. The largest absolute Gasteiger partial charge is 0.417 e. The minimum Gasteiger partial charge on any atom is -0.353 e. The van der Waals surface area contributed by atoms with Crippen LogP contribution in [0.1, 0.15) is 34.8 Å². The van der Waals surface area contributed by atoms with E-state index in [1.165, 1.54) is 21.3 Å². The summed E-state index contributed by atoms with van der Waals surface area (Å²) in [7, 11) is 0. The molecule has 188 valence electrons. The van der Waals surface area contributed by atoms with E-state index in [1.54, 1.807) is 24.7 Å². The van der Waals surface area contributed by atoms with Crippen LogP contribution in [-0.2, 0) is 6.18 Å². The molecule has 0 unspecified atom stereocenters. The number of carbonyl (C=O) groups excluding carboxylic acids is 1. The van der Waals surface area contributed by atoms with Gasteiger partial charge in [-0.15, -0.1) is 0 Å². The fourth-order valence-electron chi connectivity index (χ4n) is 4.48. The third kappa shape index (κ3) is 4.09. The molecule has 37 heavy (non-hydrogen) atoms. The zero-order valence-corrected chi connectivity index (χ0v) is 19.4. The number of hydrogen-bond acceptors (Lipinski definition) is 7. The molecule has 2 aliphatic rings. The Balaban J connectivity index is 1.25. The Morgan fingerprint density at radius 2 is 2.00 bits per heavy atom. The van der Waals surface area contributed by atoms with Crippen LogP contribution in [0.5, 0.6) is 0 Å². The molecule has 5 heterocycles. The summed E-state index contributed by atoms with van der Waals surface area (Å²) in [6.45, 7) is 9.11. The van der Waals surface area contributed by atoms with E-state index >= 15 is 0 Å². The van der Waals surface area contributed by atoms with Crippen molar-refractivity contribution in [1.82, 2.24) is 34.4 Å². The Morgan fingerprint density at radius 1 is 1.16 bits per heavy atom. The molecule has 1 aliphatic carbocycles. The molecule has 2 fully saturated rings. The van der Waals surface area contributed by atoms with Crippen molar-refractivity contribution in [3.63, 3.8) is 0 Å². The molecule has 13 heteroatoms. The molecule has 0 bridgehead atoms. The van der Waals surface area contributed by atoms with Gasteiger partial charge >= 0.3 is 17.6 Å². The number of aromatic nitrogens is 6. The van der Waals surface area contributed by atoms with Gasteiger partial charge in [0, 0.05) is 56.6 Å². The number of alkyl halides is 3. The molecule has 4 aromatic heterocycles. The topological polar surface area (TPSA) is 97.6 Å². The minimum absolute atomic E-state index is 0.137. The second kappa shape index (κ2) is 8.38. The summed E-state index contributed by atoms with van der Waals surface area (Å²) in [6.07, 6.45) is 3.93. The molecular weight excluding hydrogens is 487 g/mol. The molecule has 0 radical (unpaired) electrons. The van der Waals surface area contributed by atoms with Gasteiger partial charge < -0.3 is 10.2 Å². The highest BCUT2D eigenvalue weighted by Gasteiger charge is 2.59. The van der Waals surface area contributed by atoms with E-state index < -0.39 is 17.3 Å². The average molecular weight is 507 g/mol. The Bertz CT molecular complexity index is 1550. The number of halogens is 3. The van der Waals surface area contributed by atoms with Crippen molar-refractivity contribution < 1.29 is 18.0 Å². The smallest absolute Gasteiger partial charge is 0.353 e. The summed E-state index contributed by atoms with van der Waals surface area (Å²) in [6, 6.07) is 3.91. The van der Waals surface area contributed by atoms with E-state index in [0.717, 1.165) is 17.8 Å². The number of nitrogens with zero attached hydrogens (tertiary/aromatic N) is 8. The predicted octanol–water partition coefficient (Wildman–Crippen LogP) is 3.25. The van der Waals surface area contributed by atoms with Gasteiger partial charge in [-0.3, -0.25) is 14.0 Å². The molecule has 1 atom stereocenters. The number of imidazole rings is 1. The quantitative estimate of drug-likeness (QED) is 0.424. The van der Waals surface area contributed by atoms with E-state index in [2.05, 4.69) is 30.2 Å². The van der Waals surface area contributed by atoms with Crippen molar-refractivity contribution in [2.45, 2.75) is 30.6 Å². The van der Waals surface area contributed by atoms with Crippen LogP contribution < -0.4 is 10.2 Å². The maximum atomic E-state index is 13.2. The van der Waals surface area contributed by atoms with Crippen LogP contribution >= 0.6 is 0 Å². The van der Waals surface area contributed by atoms with E-state index in [4.69, 9.17) is 6.57 Å². The maximum absolute atomic E-state index is 13.2. The SMILES string of the molecule is [C-]#[N+]C1(C(=O)n2cc([C@@H]3CN(c4ccnc(-c5cnc6ccc(C(F)(F)F)cn56)n4)CCN3)cn2)CC1. The first kappa shape index (κ1) is 23.1. The first-order valence-corrected chi connectivity index (χ1v) is 11.6. The standard InChI is InChI=1S/C24H20F3N9O/c1-28-23(5-6-23)22(37)36-12-15(10-32-36)17-14-34(9-8-29-17)20-4-7-30-21(33-20)18-11-31-19-3-2-16(13-35(18)19)24(25,26)27/h2-4,7,10-13,17,29H,5-6,8-9,14H2/t17-/m0/s1. The number of pyridine rings is 1. The van der Waals surface area contributed by atoms with Crippen LogP contribution in [0.25, 0.3) is 22.0 Å². The molecular formula is C24H20F3N9O. The minimum atomic E-state index is -4.48. The lowest BCUT2D eigenvalue weighted by Gasteiger charge is -2.34. The third-order valence-electron chi connectivity index (χ3n) is 6.75. The van der Waals surface area contributed by atoms with Gasteiger partial charge in [-0.05, 0) is 18.2 Å². The fraction of sp³-hybridized carbons (Fsp3) is 0.333. The number of nitrogens with one attached hydrogen (secondary N) is 1. The van der Waals surface area contributed by atoms with Crippen molar-refractivity contribution in [2.75, 3.05) is 24.5 Å². The number of anilines is 1. The van der Waals surface area contributed by atoms with Crippen molar-refractivity contribution in [1.29, 1.82) is 0 Å². The van der Waals surface area contributed by atoms with Gasteiger partial charge in [0.05, 0.1) is 24.0 Å². The average Bonchev–Trinajstić information content (AvgIpc) is 3.35. The van der Waals surface area contributed by atoms with Crippen LogP contribution in [0.2, 0.25) is 0 Å². The van der Waals surface area contributed by atoms with Crippen LogP contribution in [-0.4, -0.2) is 60.2 Å². The first-order valence-electron chi connectivity index (χ1n) is 11.6. The second-order valence-corrected chi connectivity index (χ2v) is 9.15. The maximum Gasteiger partial charge on any atom is 0.417 e. The summed E-state index contributed by atoms with van der Waals surface area (Å²) >= 11 is 0. The predicted molar refractivity (Wildman–Crippen MR) is 126 cm³/mol. The van der Waals surface area contributed by atoms with Gasteiger partial charge in [0.2, 0.25) is 0 Å². The zero-order chi connectivity index (χ0) is 25.8. The summed E-state index contributed by atoms with van der Waals surface area (Å²) in [5.74, 6) is 0.571. The molecule has 1 saturated heterocycles. The lowest BCUT2D eigenvalue weighted by atomic mass is 10.1. The molecule has 0 spiro atoms. The third-order valence-corrected chi connectivity index (χ3v) is 6.75. The van der Waals surface area contributed by atoms with Gasteiger partial charge in [-0.1, -0.05) is 0 Å². The number of carbonyl (C=O) groups is 1. The number of piperazine rings is 1. The van der Waals surface area contributed by atoms with Gasteiger partial charge in [0.1, 0.15) is 17.2 Å². The number of rotatable bonds is 4. The lowest BCUT2D eigenvalue weighted by Crippen LogP contribution is -2.46. The normalized spacial score (nSPS) is 19.1. The molecule has 4 aromatic rings. The zero-order valence-electron chi connectivity index (χ0n) is 19.4. The molecule has 10 nitrogen and oxygen atoms in total. The highest BCUT2D eigenvalue weighted by Crippen LogP contribution is 2.41. The Hall–Kier alpha value is -4.31. The monoisotopic (exact) mass is 507 g/mol. The highest BCUT2D eigenvalue weighted by molar-refractivity contribution is 5.92. The number of hydrogen-bond donors (Lipinski definition) is 1. The summed E-state index contributed by atoms with van der Waals surface area (Å²) in [4.78, 5) is 31.3. The van der Waals surface area contributed by atoms with Crippen molar-refractivity contribution in [3.05, 3.63) is 71.7 Å². The highest BCUT2D eigenvalue weighted by atomic mass is 19.4. The molecule has 0 aromatic carbocycles. The van der Waals surface area contributed by atoms with Gasteiger partial charge in [0.25, 0.3) is 0 Å². The van der Waals surface area contributed by atoms with Crippen molar-refractivity contribution >= 4 is 17.4 Å². The molecule has 6 rings (SSSR count). The van der Waals surface area contributed by atoms with Crippen molar-refractivity contribution in [3.8, 4) is 11.5 Å². The number of fused-ring (bicyclic) bond motifs is 1. The van der Waals surface area contributed by atoms with Gasteiger partial charge in [0.15, 0.2) is 5.82 Å². The van der Waals surface area contributed by atoms with Crippen molar-refractivity contribution in [2.24, 2.45) is 0 Å². The summed E-state index contributed by atoms with van der Waals surface area (Å²) < 4.78 is 42.3. The summed E-state index contributed by atoms with van der Waals surface area (Å²) in [5, 5.41) is 7.61. The Kier molecular flexibility index (Phi) is 5.23. The van der Waals surface area contributed by atoms with Gasteiger partial charge in [-0.2, -0.15) is 18.3 Å². The summed E-state index contributed by atoms with van der Waals surface area (Å²) in [5.41, 5.74) is -0.232.